The molecule has 96 valence electrons. The van der Waals surface area contributed by atoms with E-state index in [-0.39, 0.29) is 0 Å². The Morgan fingerprint density at radius 3 is 2.68 bits per heavy atom. The van der Waals surface area contributed by atoms with Crippen molar-refractivity contribution < 1.29 is 0 Å². The molecule has 2 nitrogen and oxygen atoms in total. The average molecular weight is 271 g/mol. The van der Waals surface area contributed by atoms with Crippen LogP contribution in [0.3, 0.4) is 0 Å². The maximum atomic E-state index is 6.01. The molecule has 2 aromatic rings. The van der Waals surface area contributed by atoms with E-state index in [1.807, 2.05) is 44.4 Å². The summed E-state index contributed by atoms with van der Waals surface area (Å²) in [6.45, 7) is 5.68. The van der Waals surface area contributed by atoms with Crippen molar-refractivity contribution in [3.63, 3.8) is 0 Å². The summed E-state index contributed by atoms with van der Waals surface area (Å²) in [4.78, 5) is 4.48. The largest absolute Gasteiger partial charge is 0.380 e. The van der Waals surface area contributed by atoms with Crippen molar-refractivity contribution >= 4 is 17.3 Å². The van der Waals surface area contributed by atoms with E-state index in [4.69, 9.17) is 11.6 Å². The van der Waals surface area contributed by atoms with Crippen LogP contribution in [0.1, 0.15) is 11.3 Å². The molecule has 0 aliphatic carbocycles. The predicted octanol–water partition coefficient (Wildman–Crippen LogP) is 4.06. The van der Waals surface area contributed by atoms with Gasteiger partial charge < -0.3 is 5.32 Å². The third-order valence-electron chi connectivity index (χ3n) is 2.90. The number of rotatable bonds is 3. The zero-order valence-corrected chi connectivity index (χ0v) is 11.8. The number of pyridine rings is 1. The van der Waals surface area contributed by atoms with E-state index in [1.165, 1.54) is 0 Å². The van der Waals surface area contributed by atoms with Gasteiger partial charge in [0.1, 0.15) is 5.70 Å². The molecule has 0 fully saturated rings. The van der Waals surface area contributed by atoms with Crippen LogP contribution >= 0.6 is 11.6 Å². The van der Waals surface area contributed by atoms with Crippen LogP contribution in [-0.4, -0.2) is 12.0 Å². The molecule has 0 bridgehead atoms. The molecule has 0 spiro atoms. The highest BCUT2D eigenvalue weighted by Gasteiger charge is 2.07. The SMILES string of the molecule is C=C=C(NC)c1ncc(-c2cccc(Cl)c2)cc1C. The van der Waals surface area contributed by atoms with Crippen molar-refractivity contribution in [1.29, 1.82) is 0 Å². The second-order valence-corrected chi connectivity index (χ2v) is 4.64. The number of aryl methyl sites for hydroxylation is 1. The van der Waals surface area contributed by atoms with Crippen LogP contribution in [0.5, 0.6) is 0 Å². The van der Waals surface area contributed by atoms with Crippen molar-refractivity contribution in [3.05, 3.63) is 65.1 Å². The number of halogens is 1. The zero-order valence-electron chi connectivity index (χ0n) is 11.0. The fraction of sp³-hybridized carbons (Fsp3) is 0.125. The number of nitrogens with one attached hydrogen (secondary N) is 1. The van der Waals surface area contributed by atoms with Gasteiger partial charge in [0.05, 0.1) is 5.69 Å². The topological polar surface area (TPSA) is 24.9 Å². The number of benzene rings is 1. The minimum atomic E-state index is 0.723. The summed E-state index contributed by atoms with van der Waals surface area (Å²) in [6.07, 6.45) is 1.84. The molecule has 0 saturated heterocycles. The molecule has 0 amide bonds. The van der Waals surface area contributed by atoms with Crippen LogP contribution in [0.15, 0.2) is 48.8 Å². The molecule has 1 aromatic carbocycles. The van der Waals surface area contributed by atoms with Gasteiger partial charge in [0, 0.05) is 23.8 Å². The molecule has 2 rings (SSSR count). The van der Waals surface area contributed by atoms with Gasteiger partial charge in [-0.25, -0.2) is 0 Å². The Morgan fingerprint density at radius 2 is 2.11 bits per heavy atom. The molecule has 3 heteroatoms. The summed E-state index contributed by atoms with van der Waals surface area (Å²) in [7, 11) is 1.83. The average Bonchev–Trinajstić information content (AvgIpc) is 2.41. The lowest BCUT2D eigenvalue weighted by Crippen LogP contribution is -2.07. The monoisotopic (exact) mass is 270 g/mol. The van der Waals surface area contributed by atoms with Gasteiger partial charge in [-0.05, 0) is 36.2 Å². The van der Waals surface area contributed by atoms with Gasteiger partial charge in [-0.3, -0.25) is 4.98 Å². The molecule has 0 radical (unpaired) electrons. The highest BCUT2D eigenvalue weighted by Crippen LogP contribution is 2.24. The minimum Gasteiger partial charge on any atom is -0.380 e. The molecule has 19 heavy (non-hydrogen) atoms. The van der Waals surface area contributed by atoms with Crippen LogP contribution in [0.25, 0.3) is 16.8 Å². The molecule has 0 aliphatic heterocycles. The Kier molecular flexibility index (Phi) is 4.06. The molecule has 0 saturated carbocycles. The molecule has 0 atom stereocenters. The van der Waals surface area contributed by atoms with Gasteiger partial charge in [-0.1, -0.05) is 30.3 Å². The Balaban J connectivity index is 2.47. The third kappa shape index (κ3) is 2.87. The minimum absolute atomic E-state index is 0.723. The highest BCUT2D eigenvalue weighted by atomic mass is 35.5. The standard InChI is InChI=1S/C16H15ClN2/c1-4-15(18-3)16-11(2)8-13(10-19-16)12-6-5-7-14(17)9-12/h5-10,18H,1H2,2-3H3. The van der Waals surface area contributed by atoms with Gasteiger partial charge in [-0.2, -0.15) is 0 Å². The first-order chi connectivity index (χ1) is 9.15. The van der Waals surface area contributed by atoms with Crippen LogP contribution in [0, 0.1) is 6.92 Å². The van der Waals surface area contributed by atoms with E-state index in [0.717, 1.165) is 33.1 Å². The quantitative estimate of drug-likeness (QED) is 0.851. The van der Waals surface area contributed by atoms with E-state index in [1.54, 1.807) is 0 Å². The third-order valence-corrected chi connectivity index (χ3v) is 3.13. The lowest BCUT2D eigenvalue weighted by Gasteiger charge is -2.09. The number of hydrogen-bond donors (Lipinski definition) is 1. The van der Waals surface area contributed by atoms with E-state index < -0.39 is 0 Å². The van der Waals surface area contributed by atoms with E-state index in [0.29, 0.717) is 0 Å². The number of hydrogen-bond acceptors (Lipinski definition) is 2. The second-order valence-electron chi connectivity index (χ2n) is 4.20. The molecule has 0 aliphatic rings. The van der Waals surface area contributed by atoms with Gasteiger partial charge in [0.2, 0.25) is 0 Å². The van der Waals surface area contributed by atoms with E-state index in [9.17, 15) is 0 Å². The maximum Gasteiger partial charge on any atom is 0.103 e. The number of nitrogens with zero attached hydrogens (tertiary/aromatic N) is 1. The van der Waals surface area contributed by atoms with Gasteiger partial charge in [-0.15, -0.1) is 5.73 Å². The summed E-state index contributed by atoms with van der Waals surface area (Å²) >= 11 is 6.01. The van der Waals surface area contributed by atoms with Gasteiger partial charge >= 0.3 is 0 Å². The molecule has 1 aromatic heterocycles. The number of aromatic nitrogens is 1. The Labute approximate surface area is 118 Å². The lowest BCUT2D eigenvalue weighted by atomic mass is 10.0. The van der Waals surface area contributed by atoms with Crippen LogP contribution in [0.4, 0.5) is 0 Å². The molecule has 1 N–H and O–H groups in total. The second kappa shape index (κ2) is 5.75. The zero-order chi connectivity index (χ0) is 13.8. The first-order valence-electron chi connectivity index (χ1n) is 5.96. The smallest absolute Gasteiger partial charge is 0.103 e. The summed E-state index contributed by atoms with van der Waals surface area (Å²) in [5, 5.41) is 3.76. The fourth-order valence-corrected chi connectivity index (χ4v) is 2.14. The summed E-state index contributed by atoms with van der Waals surface area (Å²) in [5.74, 6) is 0. The van der Waals surface area contributed by atoms with Crippen molar-refractivity contribution in [2.24, 2.45) is 0 Å². The maximum absolute atomic E-state index is 6.01. The summed E-state index contributed by atoms with van der Waals surface area (Å²) in [5.41, 5.74) is 7.69. The molecular formula is C16H15ClN2. The molecular weight excluding hydrogens is 256 g/mol. The van der Waals surface area contributed by atoms with Crippen molar-refractivity contribution in [2.45, 2.75) is 6.92 Å². The Morgan fingerprint density at radius 1 is 1.32 bits per heavy atom. The first kappa shape index (κ1) is 13.4. The molecule has 1 heterocycles. The summed E-state index contributed by atoms with van der Waals surface area (Å²) < 4.78 is 0. The van der Waals surface area contributed by atoms with E-state index >= 15 is 0 Å². The van der Waals surface area contributed by atoms with Gasteiger partial charge in [0.15, 0.2) is 0 Å². The highest BCUT2D eigenvalue weighted by molar-refractivity contribution is 6.30. The van der Waals surface area contributed by atoms with E-state index in [2.05, 4.69) is 28.7 Å². The predicted molar refractivity (Wildman–Crippen MR) is 81.0 cm³/mol. The van der Waals surface area contributed by atoms with Crippen LogP contribution in [-0.2, 0) is 0 Å². The van der Waals surface area contributed by atoms with Gasteiger partial charge in [0.25, 0.3) is 0 Å². The van der Waals surface area contributed by atoms with Crippen molar-refractivity contribution in [3.8, 4) is 11.1 Å². The summed E-state index contributed by atoms with van der Waals surface area (Å²) in [6, 6.07) is 9.83. The Hall–Kier alpha value is -2.02. The first-order valence-corrected chi connectivity index (χ1v) is 6.34. The van der Waals surface area contributed by atoms with Crippen LogP contribution < -0.4 is 5.32 Å². The van der Waals surface area contributed by atoms with Crippen LogP contribution in [0.2, 0.25) is 5.02 Å². The lowest BCUT2D eigenvalue weighted by molar-refractivity contribution is 1.08. The fourth-order valence-electron chi connectivity index (χ4n) is 1.95. The van der Waals surface area contributed by atoms with Crippen molar-refractivity contribution in [1.82, 2.24) is 10.3 Å². The van der Waals surface area contributed by atoms with Crippen molar-refractivity contribution in [2.75, 3.05) is 7.05 Å². The Bertz CT molecular complexity index is 656. The normalized spacial score (nSPS) is 9.84. The molecule has 0 unspecified atom stereocenters.